The summed E-state index contributed by atoms with van der Waals surface area (Å²) < 4.78 is 9.03. The van der Waals surface area contributed by atoms with Crippen LogP contribution in [0.25, 0.3) is 0 Å². The summed E-state index contributed by atoms with van der Waals surface area (Å²) in [6.45, 7) is 4.72. The molecule has 0 aliphatic rings. The second kappa shape index (κ2) is 7.21. The second-order valence-electron chi connectivity index (χ2n) is 6.04. The number of carbonyl (C=O) groups excluding carboxylic acids is 1. The molecular formula is C18H21N5O2. The molecule has 25 heavy (non-hydrogen) atoms. The van der Waals surface area contributed by atoms with Gasteiger partial charge in [-0.15, -0.1) is 0 Å². The third-order valence-corrected chi connectivity index (χ3v) is 3.64. The zero-order valence-electron chi connectivity index (χ0n) is 14.6. The molecule has 7 heteroatoms. The van der Waals surface area contributed by atoms with E-state index in [2.05, 4.69) is 21.6 Å². The Bertz CT molecular complexity index is 861. The normalized spacial score (nSPS) is 10.7. The lowest BCUT2D eigenvalue weighted by atomic mass is 10.1. The molecule has 0 aliphatic heterocycles. The minimum Gasteiger partial charge on any atom is -0.471 e. The van der Waals surface area contributed by atoms with Gasteiger partial charge in [-0.2, -0.15) is 10.2 Å². The number of amides is 1. The van der Waals surface area contributed by atoms with Crippen LogP contribution in [0.3, 0.4) is 0 Å². The lowest BCUT2D eigenvalue weighted by Gasteiger charge is -2.08. The Labute approximate surface area is 146 Å². The van der Waals surface area contributed by atoms with Crippen molar-refractivity contribution in [1.29, 1.82) is 0 Å². The van der Waals surface area contributed by atoms with Gasteiger partial charge in [0, 0.05) is 31.5 Å². The minimum absolute atomic E-state index is 0.228. The lowest BCUT2D eigenvalue weighted by molar-refractivity contribution is 0.0944. The molecule has 0 atom stereocenters. The molecule has 3 rings (SSSR count). The third-order valence-electron chi connectivity index (χ3n) is 3.64. The van der Waals surface area contributed by atoms with E-state index in [4.69, 9.17) is 4.74 Å². The van der Waals surface area contributed by atoms with Crippen LogP contribution in [-0.2, 0) is 20.3 Å². The highest BCUT2D eigenvalue weighted by Gasteiger charge is 2.10. The van der Waals surface area contributed by atoms with Crippen molar-refractivity contribution in [3.8, 4) is 5.75 Å². The Balaban J connectivity index is 1.55. The maximum atomic E-state index is 12.1. The molecule has 0 unspecified atom stereocenters. The molecule has 130 valence electrons. The summed E-state index contributed by atoms with van der Waals surface area (Å²) in [6, 6.07) is 7.70. The highest BCUT2D eigenvalue weighted by atomic mass is 16.5. The first-order valence-electron chi connectivity index (χ1n) is 8.00. The zero-order chi connectivity index (χ0) is 17.8. The van der Waals surface area contributed by atoms with E-state index < -0.39 is 0 Å². The van der Waals surface area contributed by atoms with E-state index in [1.807, 2.05) is 39.2 Å². The Morgan fingerprint density at radius 1 is 1.24 bits per heavy atom. The van der Waals surface area contributed by atoms with Crippen molar-refractivity contribution in [2.45, 2.75) is 27.1 Å². The van der Waals surface area contributed by atoms with Crippen molar-refractivity contribution in [2.75, 3.05) is 0 Å². The maximum absolute atomic E-state index is 12.1. The Kier molecular flexibility index (Phi) is 4.83. The minimum atomic E-state index is -0.228. The Morgan fingerprint density at radius 3 is 2.68 bits per heavy atom. The zero-order valence-corrected chi connectivity index (χ0v) is 14.6. The van der Waals surface area contributed by atoms with E-state index >= 15 is 0 Å². The molecule has 0 saturated heterocycles. The summed E-state index contributed by atoms with van der Waals surface area (Å²) >= 11 is 0. The van der Waals surface area contributed by atoms with E-state index in [0.717, 1.165) is 22.4 Å². The highest BCUT2D eigenvalue weighted by molar-refractivity contribution is 5.92. The van der Waals surface area contributed by atoms with Crippen LogP contribution in [0, 0.1) is 13.8 Å². The monoisotopic (exact) mass is 339 g/mol. The number of aromatic nitrogens is 4. The Morgan fingerprint density at radius 2 is 2.00 bits per heavy atom. The topological polar surface area (TPSA) is 74.0 Å². The van der Waals surface area contributed by atoms with Crippen LogP contribution in [0.5, 0.6) is 5.75 Å². The predicted octanol–water partition coefficient (Wildman–Crippen LogP) is 2.20. The van der Waals surface area contributed by atoms with Crippen LogP contribution < -0.4 is 10.1 Å². The molecule has 0 aliphatic carbocycles. The number of rotatable bonds is 6. The van der Waals surface area contributed by atoms with E-state index in [1.54, 1.807) is 27.8 Å². The van der Waals surface area contributed by atoms with E-state index in [1.165, 1.54) is 0 Å². The molecule has 1 amide bonds. The van der Waals surface area contributed by atoms with E-state index in [9.17, 15) is 4.79 Å². The van der Waals surface area contributed by atoms with Crippen LogP contribution in [0.2, 0.25) is 0 Å². The van der Waals surface area contributed by atoms with Crippen molar-refractivity contribution >= 4 is 5.91 Å². The maximum Gasteiger partial charge on any atom is 0.272 e. The average molecular weight is 339 g/mol. The standard InChI is InChI=1S/C18H21N5O2/c1-13-6-14(2)8-16(7-13)25-12-23-5-4-17(21-23)18(24)19-9-15-10-20-22(3)11-15/h4-8,10-11H,9,12H2,1-3H3,(H,19,24). The van der Waals surface area contributed by atoms with Crippen LogP contribution >= 0.6 is 0 Å². The van der Waals surface area contributed by atoms with Gasteiger partial charge in [0.05, 0.1) is 6.20 Å². The summed E-state index contributed by atoms with van der Waals surface area (Å²) in [5, 5.41) is 11.1. The van der Waals surface area contributed by atoms with Crippen molar-refractivity contribution in [3.05, 3.63) is 65.2 Å². The van der Waals surface area contributed by atoms with Gasteiger partial charge in [-0.25, -0.2) is 4.68 Å². The molecule has 0 radical (unpaired) electrons. The van der Waals surface area contributed by atoms with Gasteiger partial charge in [-0.05, 0) is 43.2 Å². The van der Waals surface area contributed by atoms with E-state index in [0.29, 0.717) is 12.2 Å². The van der Waals surface area contributed by atoms with Gasteiger partial charge in [0.25, 0.3) is 5.91 Å². The first-order valence-corrected chi connectivity index (χ1v) is 8.00. The van der Waals surface area contributed by atoms with Gasteiger partial charge >= 0.3 is 0 Å². The van der Waals surface area contributed by atoms with Crippen LogP contribution in [-0.4, -0.2) is 25.5 Å². The third kappa shape index (κ3) is 4.47. The molecule has 2 aromatic heterocycles. The largest absolute Gasteiger partial charge is 0.471 e. The molecule has 0 bridgehead atoms. The predicted molar refractivity (Wildman–Crippen MR) is 93.1 cm³/mol. The summed E-state index contributed by atoms with van der Waals surface area (Å²) in [5.41, 5.74) is 3.58. The molecule has 7 nitrogen and oxygen atoms in total. The summed E-state index contributed by atoms with van der Waals surface area (Å²) in [7, 11) is 1.84. The van der Waals surface area contributed by atoms with Crippen molar-refractivity contribution in [3.63, 3.8) is 0 Å². The second-order valence-corrected chi connectivity index (χ2v) is 6.04. The molecule has 3 aromatic rings. The van der Waals surface area contributed by atoms with Crippen LogP contribution in [0.1, 0.15) is 27.2 Å². The fraction of sp³-hybridized carbons (Fsp3) is 0.278. The molecular weight excluding hydrogens is 318 g/mol. The average Bonchev–Trinajstić information content (AvgIpc) is 3.19. The van der Waals surface area contributed by atoms with Gasteiger partial charge in [0.1, 0.15) is 11.4 Å². The van der Waals surface area contributed by atoms with Crippen molar-refractivity contribution in [1.82, 2.24) is 24.9 Å². The van der Waals surface area contributed by atoms with Gasteiger partial charge < -0.3 is 10.1 Å². The van der Waals surface area contributed by atoms with Crippen LogP contribution in [0.4, 0.5) is 0 Å². The first kappa shape index (κ1) is 16.8. The van der Waals surface area contributed by atoms with Crippen molar-refractivity contribution < 1.29 is 9.53 Å². The fourth-order valence-electron chi connectivity index (χ4n) is 2.55. The number of benzene rings is 1. The quantitative estimate of drug-likeness (QED) is 0.747. The molecule has 0 saturated carbocycles. The molecule has 1 N–H and O–H groups in total. The number of hydrogen-bond acceptors (Lipinski definition) is 4. The molecule has 0 fully saturated rings. The lowest BCUT2D eigenvalue weighted by Crippen LogP contribution is -2.23. The van der Waals surface area contributed by atoms with Gasteiger partial charge in [0.15, 0.2) is 6.73 Å². The number of ether oxygens (including phenoxy) is 1. The summed E-state index contributed by atoms with van der Waals surface area (Å²) in [4.78, 5) is 12.1. The fourth-order valence-corrected chi connectivity index (χ4v) is 2.55. The number of hydrogen-bond donors (Lipinski definition) is 1. The number of carbonyl (C=O) groups is 1. The molecule has 0 spiro atoms. The SMILES string of the molecule is Cc1cc(C)cc(OCn2ccc(C(=O)NCc3cnn(C)c3)n2)c1. The first-order chi connectivity index (χ1) is 12.0. The smallest absolute Gasteiger partial charge is 0.272 e. The highest BCUT2D eigenvalue weighted by Crippen LogP contribution is 2.16. The van der Waals surface area contributed by atoms with Gasteiger partial charge in [0.2, 0.25) is 0 Å². The number of nitrogens with zero attached hydrogens (tertiary/aromatic N) is 4. The summed E-state index contributed by atoms with van der Waals surface area (Å²) in [6.07, 6.45) is 5.30. The van der Waals surface area contributed by atoms with Gasteiger partial charge in [-0.1, -0.05) is 6.07 Å². The molecule has 1 aromatic carbocycles. The van der Waals surface area contributed by atoms with Crippen LogP contribution in [0.15, 0.2) is 42.9 Å². The Hall–Kier alpha value is -3.09. The summed E-state index contributed by atoms with van der Waals surface area (Å²) in [5.74, 6) is 0.560. The number of nitrogens with one attached hydrogen (secondary N) is 1. The van der Waals surface area contributed by atoms with E-state index in [-0.39, 0.29) is 12.6 Å². The number of aryl methyl sites for hydroxylation is 3. The van der Waals surface area contributed by atoms with Crippen molar-refractivity contribution in [2.24, 2.45) is 7.05 Å². The van der Waals surface area contributed by atoms with Gasteiger partial charge in [-0.3, -0.25) is 9.48 Å². The molecule has 2 heterocycles.